The Balaban J connectivity index is 2.01. The van der Waals surface area contributed by atoms with Gasteiger partial charge in [-0.05, 0) is 38.1 Å². The van der Waals surface area contributed by atoms with Gasteiger partial charge in [0.25, 0.3) is 0 Å². The van der Waals surface area contributed by atoms with Gasteiger partial charge in [-0.25, -0.2) is 4.98 Å². The van der Waals surface area contributed by atoms with Crippen LogP contribution in [0, 0.1) is 0 Å². The normalized spacial score (nSPS) is 17.9. The van der Waals surface area contributed by atoms with Crippen LogP contribution in [-0.2, 0) is 5.41 Å². The molecule has 0 spiro atoms. The number of nitrogens with one attached hydrogen (secondary N) is 1. The smallest absolute Gasteiger partial charge is 0.120 e. The summed E-state index contributed by atoms with van der Waals surface area (Å²) in [6.45, 7) is 4.47. The van der Waals surface area contributed by atoms with Crippen molar-refractivity contribution in [3.8, 4) is 11.4 Å². The lowest BCUT2D eigenvalue weighted by Crippen LogP contribution is -2.38. The maximum atomic E-state index is 5.32. The molecule has 0 bridgehead atoms. The van der Waals surface area contributed by atoms with Crippen molar-refractivity contribution in [2.45, 2.75) is 25.2 Å². The van der Waals surface area contributed by atoms with Crippen LogP contribution in [0.3, 0.4) is 0 Å². The van der Waals surface area contributed by atoms with Crippen LogP contribution in [-0.4, -0.2) is 29.8 Å². The molecule has 4 heteroatoms. The highest BCUT2D eigenvalue weighted by molar-refractivity contribution is 5.41. The van der Waals surface area contributed by atoms with Crippen LogP contribution < -0.4 is 10.1 Å². The molecule has 106 valence electrons. The topological polar surface area (TPSA) is 39.1 Å². The van der Waals surface area contributed by atoms with Gasteiger partial charge in [0.2, 0.25) is 0 Å². The lowest BCUT2D eigenvalue weighted by atomic mass is 9.78. The van der Waals surface area contributed by atoms with E-state index in [-0.39, 0.29) is 5.41 Å². The van der Waals surface area contributed by atoms with Gasteiger partial charge in [-0.2, -0.15) is 0 Å². The Labute approximate surface area is 119 Å². The van der Waals surface area contributed by atoms with E-state index >= 15 is 0 Å². The first-order chi connectivity index (χ1) is 9.73. The van der Waals surface area contributed by atoms with E-state index in [4.69, 9.17) is 4.74 Å². The Bertz CT molecular complexity index is 585. The van der Waals surface area contributed by atoms with Crippen molar-refractivity contribution in [2.75, 3.05) is 20.2 Å². The van der Waals surface area contributed by atoms with Gasteiger partial charge < -0.3 is 14.6 Å². The van der Waals surface area contributed by atoms with Crippen LogP contribution in [0.2, 0.25) is 0 Å². The van der Waals surface area contributed by atoms with Crippen LogP contribution in [0.1, 0.15) is 25.5 Å². The van der Waals surface area contributed by atoms with E-state index in [0.29, 0.717) is 0 Å². The van der Waals surface area contributed by atoms with E-state index in [9.17, 15) is 0 Å². The average Bonchev–Trinajstić information content (AvgIpc) is 2.98. The molecule has 1 aromatic heterocycles. The van der Waals surface area contributed by atoms with Crippen molar-refractivity contribution in [1.82, 2.24) is 14.9 Å². The molecule has 0 amide bonds. The molecule has 1 aliphatic heterocycles. The first-order valence-corrected chi connectivity index (χ1v) is 7.11. The van der Waals surface area contributed by atoms with Gasteiger partial charge in [-0.1, -0.05) is 13.0 Å². The summed E-state index contributed by atoms with van der Waals surface area (Å²) >= 11 is 0. The first-order valence-electron chi connectivity index (χ1n) is 7.11. The zero-order chi connectivity index (χ0) is 14.0. The molecule has 20 heavy (non-hydrogen) atoms. The molecule has 0 unspecified atom stereocenters. The summed E-state index contributed by atoms with van der Waals surface area (Å²) in [5.74, 6) is 0.873. The van der Waals surface area contributed by atoms with Gasteiger partial charge in [-0.3, -0.25) is 0 Å². The summed E-state index contributed by atoms with van der Waals surface area (Å²) in [5, 5.41) is 3.43. The second-order valence-corrected chi connectivity index (χ2v) is 5.66. The second kappa shape index (κ2) is 5.29. The molecular formula is C16H21N3O. The molecule has 4 nitrogen and oxygen atoms in total. The number of imidazole rings is 1. The Morgan fingerprint density at radius 3 is 2.85 bits per heavy atom. The third kappa shape index (κ3) is 2.31. The van der Waals surface area contributed by atoms with Crippen LogP contribution in [0.25, 0.3) is 5.69 Å². The van der Waals surface area contributed by atoms with Gasteiger partial charge in [0.05, 0.1) is 19.1 Å². The number of rotatable bonds is 3. The lowest BCUT2D eigenvalue weighted by Gasteiger charge is -2.34. The molecule has 0 saturated carbocycles. The summed E-state index contributed by atoms with van der Waals surface area (Å²) in [7, 11) is 1.70. The minimum absolute atomic E-state index is 0.185. The highest BCUT2D eigenvalue weighted by Crippen LogP contribution is 2.34. The molecule has 0 radical (unpaired) electrons. The maximum absolute atomic E-state index is 5.32. The number of piperidine rings is 1. The Morgan fingerprint density at radius 1 is 1.30 bits per heavy atom. The predicted molar refractivity (Wildman–Crippen MR) is 79.6 cm³/mol. The van der Waals surface area contributed by atoms with Gasteiger partial charge in [-0.15, -0.1) is 0 Å². The fraction of sp³-hybridized carbons (Fsp3) is 0.438. The van der Waals surface area contributed by atoms with Gasteiger partial charge in [0.1, 0.15) is 5.75 Å². The standard InChI is InChI=1S/C16H21N3O/c1-16(6-8-17-9-7-16)15-11-18-12-19(15)13-4-3-5-14(10-13)20-2/h3-5,10-12,17H,6-9H2,1-2H3. The fourth-order valence-corrected chi connectivity index (χ4v) is 2.94. The monoisotopic (exact) mass is 271 g/mol. The summed E-state index contributed by atoms with van der Waals surface area (Å²) in [6.07, 6.45) is 6.19. The van der Waals surface area contributed by atoms with E-state index in [1.807, 2.05) is 24.7 Å². The Morgan fingerprint density at radius 2 is 2.10 bits per heavy atom. The number of nitrogens with zero attached hydrogens (tertiary/aromatic N) is 2. The Kier molecular flexibility index (Phi) is 3.49. The average molecular weight is 271 g/mol. The molecule has 1 saturated heterocycles. The molecule has 1 aliphatic rings. The third-order valence-electron chi connectivity index (χ3n) is 4.30. The number of benzene rings is 1. The molecular weight excluding hydrogens is 250 g/mol. The molecule has 0 aliphatic carbocycles. The van der Waals surface area contributed by atoms with Crippen molar-refractivity contribution < 1.29 is 4.74 Å². The summed E-state index contributed by atoms with van der Waals surface area (Å²) in [4.78, 5) is 4.38. The van der Waals surface area contributed by atoms with E-state index in [0.717, 1.165) is 37.4 Å². The summed E-state index contributed by atoms with van der Waals surface area (Å²) < 4.78 is 7.51. The predicted octanol–water partition coefficient (Wildman–Crippen LogP) is 2.52. The van der Waals surface area contributed by atoms with E-state index < -0.39 is 0 Å². The van der Waals surface area contributed by atoms with Crippen LogP contribution in [0.5, 0.6) is 5.75 Å². The zero-order valence-corrected chi connectivity index (χ0v) is 12.1. The highest BCUT2D eigenvalue weighted by Gasteiger charge is 2.31. The fourth-order valence-electron chi connectivity index (χ4n) is 2.94. The highest BCUT2D eigenvalue weighted by atomic mass is 16.5. The van der Waals surface area contributed by atoms with Crippen molar-refractivity contribution in [1.29, 1.82) is 0 Å². The maximum Gasteiger partial charge on any atom is 0.120 e. The summed E-state index contributed by atoms with van der Waals surface area (Å²) in [6, 6.07) is 8.13. The van der Waals surface area contributed by atoms with Crippen LogP contribution in [0.15, 0.2) is 36.8 Å². The SMILES string of the molecule is COc1cccc(-n2cncc2C2(C)CCNCC2)c1. The van der Waals surface area contributed by atoms with E-state index in [2.05, 4.69) is 33.9 Å². The van der Waals surface area contributed by atoms with Crippen molar-refractivity contribution in [3.05, 3.63) is 42.5 Å². The lowest BCUT2D eigenvalue weighted by molar-refractivity contribution is 0.324. The molecule has 1 aromatic carbocycles. The molecule has 1 fully saturated rings. The third-order valence-corrected chi connectivity index (χ3v) is 4.30. The zero-order valence-electron chi connectivity index (χ0n) is 12.1. The van der Waals surface area contributed by atoms with Crippen molar-refractivity contribution in [2.24, 2.45) is 0 Å². The quantitative estimate of drug-likeness (QED) is 0.932. The number of aromatic nitrogens is 2. The van der Waals surface area contributed by atoms with Crippen molar-refractivity contribution >= 4 is 0 Å². The van der Waals surface area contributed by atoms with Gasteiger partial charge in [0.15, 0.2) is 0 Å². The van der Waals surface area contributed by atoms with Crippen LogP contribution in [0.4, 0.5) is 0 Å². The number of hydrogen-bond acceptors (Lipinski definition) is 3. The molecule has 2 heterocycles. The second-order valence-electron chi connectivity index (χ2n) is 5.66. The van der Waals surface area contributed by atoms with E-state index in [1.54, 1.807) is 7.11 Å². The number of ether oxygens (including phenoxy) is 1. The van der Waals surface area contributed by atoms with Crippen LogP contribution >= 0.6 is 0 Å². The number of hydrogen-bond donors (Lipinski definition) is 1. The molecule has 3 rings (SSSR count). The largest absolute Gasteiger partial charge is 0.497 e. The minimum atomic E-state index is 0.185. The van der Waals surface area contributed by atoms with Crippen molar-refractivity contribution in [3.63, 3.8) is 0 Å². The van der Waals surface area contributed by atoms with Gasteiger partial charge in [0, 0.05) is 23.4 Å². The first kappa shape index (κ1) is 13.2. The van der Waals surface area contributed by atoms with E-state index in [1.165, 1.54) is 5.69 Å². The summed E-state index contributed by atoms with van der Waals surface area (Å²) in [5.41, 5.74) is 2.58. The van der Waals surface area contributed by atoms with Gasteiger partial charge >= 0.3 is 0 Å². The molecule has 0 atom stereocenters. The molecule has 2 aromatic rings. The Hall–Kier alpha value is -1.81. The number of methoxy groups -OCH3 is 1. The molecule has 1 N–H and O–H groups in total. The minimum Gasteiger partial charge on any atom is -0.497 e.